The fourth-order valence-corrected chi connectivity index (χ4v) is 3.78. The van der Waals surface area contributed by atoms with Gasteiger partial charge in [-0.25, -0.2) is 0 Å². The summed E-state index contributed by atoms with van der Waals surface area (Å²) in [7, 11) is 0. The number of nitrogens with zero attached hydrogens (tertiary/aromatic N) is 2. The van der Waals surface area contributed by atoms with Crippen LogP contribution in [0, 0.1) is 10.1 Å². The number of nitro groups is 1. The Morgan fingerprint density at radius 1 is 1.07 bits per heavy atom. The van der Waals surface area contributed by atoms with Gasteiger partial charge in [0.15, 0.2) is 0 Å². The number of nitrogens with one attached hydrogen (secondary N) is 2. The number of benzene rings is 2. The third-order valence-electron chi connectivity index (χ3n) is 5.24. The van der Waals surface area contributed by atoms with Crippen molar-refractivity contribution in [1.29, 1.82) is 0 Å². The Bertz CT molecular complexity index is 1220. The number of carbonyl (C=O) groups is 1. The molecule has 1 atom stereocenters. The Balaban J connectivity index is 1.73. The molecule has 9 nitrogen and oxygen atoms in total. The van der Waals surface area contributed by atoms with E-state index in [0.29, 0.717) is 18.5 Å². The number of non-ortho nitro benzene ring substituents is 1. The molecule has 4 rings (SSSR count). The van der Waals surface area contributed by atoms with Crippen molar-refractivity contribution >= 4 is 22.6 Å². The molecule has 9 heteroatoms. The topological polar surface area (TPSA) is 129 Å². The van der Waals surface area contributed by atoms with Gasteiger partial charge >= 0.3 is 11.1 Å². The molecule has 2 N–H and O–H groups in total. The summed E-state index contributed by atoms with van der Waals surface area (Å²) in [5.74, 6) is 0.112. The standard InChI is InChI=1S/C20H18N4O5/c25-17-7-6-13(12-4-2-1-3-5-12)10-23(17)11-14-8-15(24(28)29)9-16-18(14)22-20(27)19(26)21-16/h1-5,8-9,13H,6-7,10-11H2,(H,21,26)(H,22,27). The van der Waals surface area contributed by atoms with E-state index in [-0.39, 0.29) is 35.1 Å². The summed E-state index contributed by atoms with van der Waals surface area (Å²) in [6, 6.07) is 12.4. The molecule has 0 radical (unpaired) electrons. The number of piperidine rings is 1. The van der Waals surface area contributed by atoms with Gasteiger partial charge < -0.3 is 14.9 Å². The third kappa shape index (κ3) is 3.66. The molecule has 1 fully saturated rings. The van der Waals surface area contributed by atoms with E-state index in [0.717, 1.165) is 12.0 Å². The minimum atomic E-state index is -0.887. The van der Waals surface area contributed by atoms with Crippen molar-refractivity contribution < 1.29 is 9.72 Å². The molecule has 2 aromatic carbocycles. The van der Waals surface area contributed by atoms with Crippen LogP contribution in [0.1, 0.15) is 29.9 Å². The minimum Gasteiger partial charge on any atom is -0.338 e. The van der Waals surface area contributed by atoms with Crippen molar-refractivity contribution in [1.82, 2.24) is 14.9 Å². The fraction of sp³-hybridized carbons (Fsp3) is 0.250. The Morgan fingerprint density at radius 2 is 1.79 bits per heavy atom. The molecule has 29 heavy (non-hydrogen) atoms. The van der Waals surface area contributed by atoms with Gasteiger partial charge in [-0.1, -0.05) is 30.3 Å². The molecule has 1 amide bonds. The van der Waals surface area contributed by atoms with Crippen LogP contribution in [-0.2, 0) is 11.3 Å². The van der Waals surface area contributed by atoms with Crippen molar-refractivity contribution in [2.45, 2.75) is 25.3 Å². The molecule has 1 unspecified atom stereocenters. The predicted octanol–water partition coefficient (Wildman–Crippen LogP) is 2.03. The van der Waals surface area contributed by atoms with Gasteiger partial charge in [0.2, 0.25) is 5.91 Å². The number of hydrogen-bond acceptors (Lipinski definition) is 5. The van der Waals surface area contributed by atoms with Crippen molar-refractivity contribution in [2.75, 3.05) is 6.54 Å². The zero-order chi connectivity index (χ0) is 20.5. The predicted molar refractivity (Wildman–Crippen MR) is 106 cm³/mol. The van der Waals surface area contributed by atoms with Gasteiger partial charge in [0.25, 0.3) is 5.69 Å². The lowest BCUT2D eigenvalue weighted by molar-refractivity contribution is -0.384. The van der Waals surface area contributed by atoms with Gasteiger partial charge in [-0.15, -0.1) is 0 Å². The van der Waals surface area contributed by atoms with E-state index in [1.165, 1.54) is 12.1 Å². The molecule has 1 saturated heterocycles. The smallest absolute Gasteiger partial charge is 0.314 e. The second-order valence-corrected chi connectivity index (χ2v) is 7.11. The summed E-state index contributed by atoms with van der Waals surface area (Å²) in [6.45, 7) is 0.572. The maximum atomic E-state index is 12.5. The molecule has 0 aliphatic carbocycles. The van der Waals surface area contributed by atoms with Gasteiger partial charge in [0, 0.05) is 43.1 Å². The van der Waals surface area contributed by atoms with Crippen LogP contribution in [0.5, 0.6) is 0 Å². The summed E-state index contributed by atoms with van der Waals surface area (Å²) in [5.41, 5.74) is 0.0232. The molecule has 1 aromatic heterocycles. The second-order valence-electron chi connectivity index (χ2n) is 7.11. The minimum absolute atomic E-state index is 0.0522. The molecule has 1 aliphatic rings. The molecule has 0 saturated carbocycles. The number of aromatic nitrogens is 2. The number of aromatic amines is 2. The van der Waals surface area contributed by atoms with Crippen LogP contribution < -0.4 is 11.1 Å². The SMILES string of the molecule is O=C1CCC(c2ccccc2)CN1Cc1cc([N+](=O)[O-])cc2[nH]c(=O)c(=O)[nH]c12. The zero-order valence-electron chi connectivity index (χ0n) is 15.4. The highest BCUT2D eigenvalue weighted by atomic mass is 16.6. The van der Waals surface area contributed by atoms with Crippen molar-refractivity contribution in [3.63, 3.8) is 0 Å². The van der Waals surface area contributed by atoms with Crippen LogP contribution in [0.2, 0.25) is 0 Å². The number of amides is 1. The average Bonchev–Trinajstić information content (AvgIpc) is 2.71. The summed E-state index contributed by atoms with van der Waals surface area (Å²) >= 11 is 0. The molecule has 0 bridgehead atoms. The van der Waals surface area contributed by atoms with E-state index in [9.17, 15) is 24.5 Å². The number of fused-ring (bicyclic) bond motifs is 1. The lowest BCUT2D eigenvalue weighted by atomic mass is 9.90. The highest BCUT2D eigenvalue weighted by Crippen LogP contribution is 2.30. The van der Waals surface area contributed by atoms with Crippen LogP contribution in [0.25, 0.3) is 11.0 Å². The number of hydrogen-bond donors (Lipinski definition) is 2. The van der Waals surface area contributed by atoms with Gasteiger partial charge in [-0.3, -0.25) is 24.5 Å². The quantitative estimate of drug-likeness (QED) is 0.397. The largest absolute Gasteiger partial charge is 0.338 e. The van der Waals surface area contributed by atoms with E-state index in [1.807, 2.05) is 30.3 Å². The van der Waals surface area contributed by atoms with Gasteiger partial charge in [-0.05, 0) is 12.0 Å². The van der Waals surface area contributed by atoms with Crippen LogP contribution in [0.4, 0.5) is 5.69 Å². The molecule has 0 spiro atoms. The zero-order valence-corrected chi connectivity index (χ0v) is 15.4. The lowest BCUT2D eigenvalue weighted by Gasteiger charge is -2.33. The summed E-state index contributed by atoms with van der Waals surface area (Å²) in [5, 5.41) is 11.3. The number of carbonyl (C=O) groups excluding carboxylic acids is 1. The van der Waals surface area contributed by atoms with E-state index in [2.05, 4.69) is 9.97 Å². The molecular weight excluding hydrogens is 376 g/mol. The van der Waals surface area contributed by atoms with E-state index < -0.39 is 16.0 Å². The van der Waals surface area contributed by atoms with E-state index in [1.54, 1.807) is 4.90 Å². The maximum absolute atomic E-state index is 12.5. The molecular formula is C20H18N4O5. The molecule has 3 aromatic rings. The van der Waals surface area contributed by atoms with Crippen LogP contribution in [0.3, 0.4) is 0 Å². The highest BCUT2D eigenvalue weighted by Gasteiger charge is 2.27. The van der Waals surface area contributed by atoms with Crippen molar-refractivity contribution in [3.05, 3.63) is 84.4 Å². The number of likely N-dealkylation sites (tertiary alicyclic amines) is 1. The lowest BCUT2D eigenvalue weighted by Crippen LogP contribution is -2.38. The second kappa shape index (κ2) is 7.34. The van der Waals surface area contributed by atoms with Crippen LogP contribution in [0.15, 0.2) is 52.1 Å². The number of H-pyrrole nitrogens is 2. The van der Waals surface area contributed by atoms with Gasteiger partial charge in [0.05, 0.1) is 16.0 Å². The maximum Gasteiger partial charge on any atom is 0.314 e. The Morgan fingerprint density at radius 3 is 2.52 bits per heavy atom. The first kappa shape index (κ1) is 18.6. The van der Waals surface area contributed by atoms with Crippen molar-refractivity contribution in [3.8, 4) is 0 Å². The summed E-state index contributed by atoms with van der Waals surface area (Å²) < 4.78 is 0. The van der Waals surface area contributed by atoms with Gasteiger partial charge in [-0.2, -0.15) is 0 Å². The molecule has 2 heterocycles. The first-order valence-corrected chi connectivity index (χ1v) is 9.18. The average molecular weight is 394 g/mol. The summed E-state index contributed by atoms with van der Waals surface area (Å²) in [4.78, 5) is 53.2. The van der Waals surface area contributed by atoms with E-state index in [4.69, 9.17) is 0 Å². The molecule has 148 valence electrons. The van der Waals surface area contributed by atoms with E-state index >= 15 is 0 Å². The number of nitro benzene ring substituents is 1. The van der Waals surface area contributed by atoms with Gasteiger partial charge in [0.1, 0.15) is 0 Å². The third-order valence-corrected chi connectivity index (χ3v) is 5.24. The Hall–Kier alpha value is -3.75. The highest BCUT2D eigenvalue weighted by molar-refractivity contribution is 5.82. The Labute approximate surface area is 164 Å². The summed E-state index contributed by atoms with van der Waals surface area (Å²) in [6.07, 6.45) is 1.11. The van der Waals surface area contributed by atoms with Crippen LogP contribution >= 0.6 is 0 Å². The van der Waals surface area contributed by atoms with Crippen molar-refractivity contribution in [2.24, 2.45) is 0 Å². The first-order chi connectivity index (χ1) is 13.9. The Kier molecular flexibility index (Phi) is 4.71. The first-order valence-electron chi connectivity index (χ1n) is 9.18. The normalized spacial score (nSPS) is 16.9. The number of rotatable bonds is 4. The fourth-order valence-electron chi connectivity index (χ4n) is 3.78. The van der Waals surface area contributed by atoms with Crippen LogP contribution in [-0.4, -0.2) is 32.2 Å². The monoisotopic (exact) mass is 394 g/mol. The molecule has 1 aliphatic heterocycles.